The molecule has 3 rings (SSSR count). The first-order chi connectivity index (χ1) is 13.6. The van der Waals surface area contributed by atoms with Crippen LogP contribution >= 0.6 is 0 Å². The maximum Gasteiger partial charge on any atom is 0.255 e. The number of rotatable bonds is 7. The molecule has 28 heavy (non-hydrogen) atoms. The summed E-state index contributed by atoms with van der Waals surface area (Å²) in [5.74, 6) is 0.496. The van der Waals surface area contributed by atoms with Gasteiger partial charge in [-0.3, -0.25) is 9.89 Å². The minimum Gasteiger partial charge on any atom is -0.497 e. The lowest BCUT2D eigenvalue weighted by Gasteiger charge is -2.12. The Morgan fingerprint density at radius 1 is 1.14 bits per heavy atom. The normalized spacial score (nSPS) is 10.6. The molecule has 2 N–H and O–H groups in total. The molecule has 0 aliphatic rings. The molecule has 1 heterocycles. The van der Waals surface area contributed by atoms with Crippen LogP contribution in [0.4, 0.5) is 10.1 Å². The Morgan fingerprint density at radius 3 is 2.54 bits per heavy atom. The Bertz CT molecular complexity index is 968. The van der Waals surface area contributed by atoms with Gasteiger partial charge in [-0.1, -0.05) is 13.3 Å². The minimum absolute atomic E-state index is 0.340. The zero-order valence-corrected chi connectivity index (χ0v) is 16.0. The summed E-state index contributed by atoms with van der Waals surface area (Å²) < 4.78 is 23.9. The van der Waals surface area contributed by atoms with Crippen molar-refractivity contribution in [2.45, 2.75) is 19.8 Å². The van der Waals surface area contributed by atoms with Crippen molar-refractivity contribution in [3.05, 3.63) is 59.5 Å². The topological polar surface area (TPSA) is 76.2 Å². The summed E-state index contributed by atoms with van der Waals surface area (Å²) in [6.45, 7) is 2.04. The van der Waals surface area contributed by atoms with E-state index in [9.17, 15) is 9.18 Å². The molecule has 0 fully saturated rings. The number of aromatic nitrogens is 2. The SMILES string of the molecule is CCCc1[nH]nc(-c2ccc(OC)cc2OC)c1NC(=O)c1ccc(F)cc1. The van der Waals surface area contributed by atoms with Gasteiger partial charge in [0.1, 0.15) is 23.0 Å². The predicted molar refractivity (Wildman–Crippen MR) is 105 cm³/mol. The highest BCUT2D eigenvalue weighted by Gasteiger charge is 2.20. The van der Waals surface area contributed by atoms with E-state index < -0.39 is 5.82 Å². The molecule has 146 valence electrons. The van der Waals surface area contributed by atoms with Gasteiger partial charge in [-0.25, -0.2) is 4.39 Å². The van der Waals surface area contributed by atoms with Crippen molar-refractivity contribution >= 4 is 11.6 Å². The summed E-state index contributed by atoms with van der Waals surface area (Å²) in [7, 11) is 3.14. The predicted octanol–water partition coefficient (Wildman–Crippen LogP) is 4.44. The number of ether oxygens (including phenoxy) is 2. The third-order valence-electron chi connectivity index (χ3n) is 4.35. The van der Waals surface area contributed by atoms with E-state index in [0.29, 0.717) is 34.9 Å². The van der Waals surface area contributed by atoms with Crippen molar-refractivity contribution < 1.29 is 18.7 Å². The fourth-order valence-corrected chi connectivity index (χ4v) is 2.92. The molecule has 0 atom stereocenters. The van der Waals surface area contributed by atoms with Gasteiger partial charge < -0.3 is 14.8 Å². The Labute approximate surface area is 162 Å². The zero-order chi connectivity index (χ0) is 20.1. The quantitative estimate of drug-likeness (QED) is 0.632. The van der Waals surface area contributed by atoms with Crippen LogP contribution in [-0.2, 0) is 6.42 Å². The standard InChI is InChI=1S/C21H22FN3O3/c1-4-5-17-20(23-21(26)13-6-8-14(22)9-7-13)19(25-24-17)16-11-10-15(27-2)12-18(16)28-3/h6-12H,4-5H2,1-3H3,(H,23,26)(H,24,25). The van der Waals surface area contributed by atoms with Crippen LogP contribution in [0.1, 0.15) is 29.4 Å². The number of nitrogens with one attached hydrogen (secondary N) is 2. The number of methoxy groups -OCH3 is 2. The van der Waals surface area contributed by atoms with Crippen molar-refractivity contribution in [3.63, 3.8) is 0 Å². The third-order valence-corrected chi connectivity index (χ3v) is 4.35. The number of benzene rings is 2. The summed E-state index contributed by atoms with van der Waals surface area (Å²) in [4.78, 5) is 12.7. The zero-order valence-electron chi connectivity index (χ0n) is 16.0. The number of aromatic amines is 1. The van der Waals surface area contributed by atoms with Crippen molar-refractivity contribution in [3.8, 4) is 22.8 Å². The van der Waals surface area contributed by atoms with Crippen molar-refractivity contribution in [2.24, 2.45) is 0 Å². The van der Waals surface area contributed by atoms with E-state index in [4.69, 9.17) is 9.47 Å². The number of H-pyrrole nitrogens is 1. The number of hydrogen-bond acceptors (Lipinski definition) is 4. The van der Waals surface area contributed by atoms with Gasteiger partial charge in [0, 0.05) is 17.2 Å². The molecule has 0 radical (unpaired) electrons. The van der Waals surface area contributed by atoms with Crippen LogP contribution in [0, 0.1) is 5.82 Å². The van der Waals surface area contributed by atoms with Crippen LogP contribution in [0.2, 0.25) is 0 Å². The maximum absolute atomic E-state index is 13.2. The number of hydrogen-bond donors (Lipinski definition) is 2. The summed E-state index contributed by atoms with van der Waals surface area (Å²) in [6.07, 6.45) is 1.59. The molecular formula is C21H22FN3O3. The van der Waals surface area contributed by atoms with Crippen LogP contribution < -0.4 is 14.8 Å². The van der Waals surface area contributed by atoms with Crippen LogP contribution in [0.3, 0.4) is 0 Å². The van der Waals surface area contributed by atoms with E-state index in [1.165, 1.54) is 24.3 Å². The van der Waals surface area contributed by atoms with Gasteiger partial charge in [-0.05, 0) is 42.8 Å². The van der Waals surface area contributed by atoms with Crippen LogP contribution in [0.5, 0.6) is 11.5 Å². The van der Waals surface area contributed by atoms with E-state index in [2.05, 4.69) is 15.5 Å². The Balaban J connectivity index is 2.02. The molecule has 0 saturated carbocycles. The summed E-state index contributed by atoms with van der Waals surface area (Å²) in [6, 6.07) is 10.8. The van der Waals surface area contributed by atoms with Gasteiger partial charge in [0.05, 0.1) is 25.6 Å². The van der Waals surface area contributed by atoms with Gasteiger partial charge in [0.2, 0.25) is 0 Å². The van der Waals surface area contributed by atoms with E-state index in [-0.39, 0.29) is 5.91 Å². The molecule has 1 aromatic heterocycles. The molecule has 0 saturated heterocycles. The highest BCUT2D eigenvalue weighted by Crippen LogP contribution is 2.37. The molecule has 1 amide bonds. The van der Waals surface area contributed by atoms with Gasteiger partial charge >= 0.3 is 0 Å². The van der Waals surface area contributed by atoms with Crippen molar-refractivity contribution in [2.75, 3.05) is 19.5 Å². The number of halogens is 1. The molecular weight excluding hydrogens is 361 g/mol. The smallest absolute Gasteiger partial charge is 0.255 e. The first-order valence-electron chi connectivity index (χ1n) is 8.94. The fraction of sp³-hybridized carbons (Fsp3) is 0.238. The van der Waals surface area contributed by atoms with Gasteiger partial charge in [0.25, 0.3) is 5.91 Å². The second kappa shape index (κ2) is 8.56. The Morgan fingerprint density at radius 2 is 1.89 bits per heavy atom. The maximum atomic E-state index is 13.2. The van der Waals surface area contributed by atoms with Crippen LogP contribution in [-0.4, -0.2) is 30.3 Å². The second-order valence-corrected chi connectivity index (χ2v) is 6.20. The number of carbonyl (C=O) groups excluding carboxylic acids is 1. The molecule has 0 aliphatic heterocycles. The number of anilines is 1. The monoisotopic (exact) mass is 383 g/mol. The molecule has 0 aliphatic carbocycles. The van der Waals surface area contributed by atoms with E-state index in [1.807, 2.05) is 13.0 Å². The minimum atomic E-state index is -0.393. The Hall–Kier alpha value is -3.35. The number of nitrogens with zero attached hydrogens (tertiary/aromatic N) is 1. The lowest BCUT2D eigenvalue weighted by Crippen LogP contribution is -2.13. The van der Waals surface area contributed by atoms with E-state index >= 15 is 0 Å². The molecule has 2 aromatic carbocycles. The number of aryl methyl sites for hydroxylation is 1. The lowest BCUT2D eigenvalue weighted by atomic mass is 10.1. The molecule has 3 aromatic rings. The van der Waals surface area contributed by atoms with Crippen LogP contribution in [0.25, 0.3) is 11.3 Å². The summed E-state index contributed by atoms with van der Waals surface area (Å²) in [5, 5.41) is 10.3. The van der Waals surface area contributed by atoms with E-state index in [1.54, 1.807) is 26.4 Å². The van der Waals surface area contributed by atoms with Crippen molar-refractivity contribution in [1.29, 1.82) is 0 Å². The molecule has 0 bridgehead atoms. The summed E-state index contributed by atoms with van der Waals surface area (Å²) in [5.41, 5.74) is 3.04. The van der Waals surface area contributed by atoms with Crippen LogP contribution in [0.15, 0.2) is 42.5 Å². The first-order valence-corrected chi connectivity index (χ1v) is 8.94. The lowest BCUT2D eigenvalue weighted by molar-refractivity contribution is 0.102. The highest BCUT2D eigenvalue weighted by atomic mass is 19.1. The van der Waals surface area contributed by atoms with Gasteiger partial charge in [-0.2, -0.15) is 5.10 Å². The first kappa shape index (κ1) is 19.4. The Kier molecular flexibility index (Phi) is 5.93. The second-order valence-electron chi connectivity index (χ2n) is 6.20. The van der Waals surface area contributed by atoms with Gasteiger partial charge in [-0.15, -0.1) is 0 Å². The van der Waals surface area contributed by atoms with Crippen molar-refractivity contribution in [1.82, 2.24) is 10.2 Å². The number of amides is 1. The fourth-order valence-electron chi connectivity index (χ4n) is 2.92. The van der Waals surface area contributed by atoms with Gasteiger partial charge in [0.15, 0.2) is 0 Å². The van der Waals surface area contributed by atoms with E-state index in [0.717, 1.165) is 17.7 Å². The number of carbonyl (C=O) groups is 1. The average molecular weight is 383 g/mol. The largest absolute Gasteiger partial charge is 0.497 e. The highest BCUT2D eigenvalue weighted by molar-refractivity contribution is 6.06. The molecule has 7 heteroatoms. The third kappa shape index (κ3) is 3.98. The molecule has 0 spiro atoms. The summed E-state index contributed by atoms with van der Waals surface area (Å²) >= 11 is 0. The molecule has 0 unspecified atom stereocenters. The average Bonchev–Trinajstić information content (AvgIpc) is 3.10. The molecule has 6 nitrogen and oxygen atoms in total.